The molecule has 15 heteroatoms. The Bertz CT molecular complexity index is 2120. The van der Waals surface area contributed by atoms with Gasteiger partial charge in [0.15, 0.2) is 5.75 Å². The molecule has 15 nitrogen and oxygen atoms in total. The fourth-order valence-electron chi connectivity index (χ4n) is 8.68. The number of phenols is 3. The van der Waals surface area contributed by atoms with E-state index in [1.807, 2.05) is 5.01 Å². The van der Waals surface area contributed by atoms with Crippen LogP contribution in [0.2, 0.25) is 0 Å². The first kappa shape index (κ1) is 52.5. The van der Waals surface area contributed by atoms with Crippen LogP contribution in [0.1, 0.15) is 135 Å². The van der Waals surface area contributed by atoms with Gasteiger partial charge in [0.2, 0.25) is 0 Å². The lowest BCUT2D eigenvalue weighted by molar-refractivity contribution is -0.160. The van der Waals surface area contributed by atoms with Crippen LogP contribution in [0.4, 0.5) is 5.69 Å². The summed E-state index contributed by atoms with van der Waals surface area (Å²) < 4.78 is 23.8. The van der Waals surface area contributed by atoms with Crippen molar-refractivity contribution < 1.29 is 58.9 Å². The van der Waals surface area contributed by atoms with Gasteiger partial charge in [-0.15, -0.1) is 0 Å². The molecule has 3 heterocycles. The zero-order chi connectivity index (χ0) is 48.3. The van der Waals surface area contributed by atoms with E-state index in [4.69, 9.17) is 24.0 Å². The van der Waals surface area contributed by atoms with E-state index in [0.29, 0.717) is 13.1 Å². The molecule has 0 aliphatic carbocycles. The monoisotopic (exact) mass is 908 g/mol. The number of benzene rings is 2. The number of hydrogen-bond acceptors (Lipinski definition) is 14. The Hall–Kier alpha value is -5.12. The van der Waals surface area contributed by atoms with Crippen LogP contribution in [0.15, 0.2) is 41.2 Å². The number of allylic oxidation sites excluding steroid dienone is 2. The van der Waals surface area contributed by atoms with Gasteiger partial charge in [0.1, 0.15) is 23.4 Å². The first-order valence-electron chi connectivity index (χ1n) is 23.1. The van der Waals surface area contributed by atoms with Gasteiger partial charge in [-0.05, 0) is 32.8 Å². The molecule has 2 aromatic carbocycles. The lowest BCUT2D eigenvalue weighted by Crippen LogP contribution is -2.46. The van der Waals surface area contributed by atoms with Crippen molar-refractivity contribution in [1.82, 2.24) is 5.01 Å². The molecular weight excluding hydrogens is 835 g/mol. The Balaban J connectivity index is 1.97. The summed E-state index contributed by atoms with van der Waals surface area (Å²) in [6.07, 6.45) is 13.0. The number of anilines is 1. The van der Waals surface area contributed by atoms with Gasteiger partial charge in [-0.3, -0.25) is 19.4 Å². The Kier molecular flexibility index (Phi) is 18.9. The van der Waals surface area contributed by atoms with E-state index < -0.39 is 88.8 Å². The van der Waals surface area contributed by atoms with Gasteiger partial charge in [0.05, 0.1) is 53.0 Å². The molecule has 5 bridgehead atoms. The number of unbranched alkanes of at least 4 members (excludes halogenated alkanes) is 6. The number of ether oxygens (including phenoxy) is 4. The van der Waals surface area contributed by atoms with Gasteiger partial charge in [0, 0.05) is 74.2 Å². The van der Waals surface area contributed by atoms with Crippen molar-refractivity contribution >= 4 is 40.3 Å². The quantitative estimate of drug-likeness (QED) is 0.0262. The summed E-state index contributed by atoms with van der Waals surface area (Å²) in [5, 5.41) is 68.0. The molecule has 0 spiro atoms. The minimum atomic E-state index is -2.05. The predicted molar refractivity (Wildman–Crippen MR) is 251 cm³/mol. The second-order valence-corrected chi connectivity index (χ2v) is 17.9. The van der Waals surface area contributed by atoms with Crippen LogP contribution >= 0.6 is 0 Å². The van der Waals surface area contributed by atoms with Crippen molar-refractivity contribution in [3.05, 3.63) is 52.8 Å². The lowest BCUT2D eigenvalue weighted by atomic mass is 9.78. The number of aromatic hydroxyl groups is 3. The Labute approximate surface area is 384 Å². The molecule has 6 N–H and O–H groups in total. The van der Waals surface area contributed by atoms with E-state index in [1.165, 1.54) is 52.5 Å². The number of methoxy groups -OCH3 is 1. The van der Waals surface area contributed by atoms with E-state index in [0.717, 1.165) is 51.4 Å². The van der Waals surface area contributed by atoms with Gasteiger partial charge in [-0.1, -0.05) is 98.3 Å². The predicted octanol–water partition coefficient (Wildman–Crippen LogP) is 8.55. The minimum Gasteiger partial charge on any atom is -0.507 e. The number of esters is 1. The van der Waals surface area contributed by atoms with E-state index in [9.17, 15) is 39.9 Å². The molecule has 0 saturated heterocycles. The third-order valence-corrected chi connectivity index (χ3v) is 12.9. The smallest absolute Gasteiger partial charge is 0.312 e. The van der Waals surface area contributed by atoms with Gasteiger partial charge >= 0.3 is 11.8 Å². The molecular formula is C50H73N3O12. The number of aliphatic hydroxyl groups is 2. The number of aliphatic hydroxyl groups excluding tert-OH is 2. The maximum atomic E-state index is 14.6. The van der Waals surface area contributed by atoms with Gasteiger partial charge in [-0.2, -0.15) is 5.10 Å². The summed E-state index contributed by atoms with van der Waals surface area (Å²) >= 11 is 0. The number of nitrogens with zero attached hydrogens (tertiary/aromatic N) is 2. The highest BCUT2D eigenvalue weighted by atomic mass is 16.7. The van der Waals surface area contributed by atoms with Crippen LogP contribution in [0.5, 0.6) is 23.0 Å². The average Bonchev–Trinajstić information content (AvgIpc) is 3.54. The van der Waals surface area contributed by atoms with Crippen molar-refractivity contribution in [3.8, 4) is 23.0 Å². The summed E-state index contributed by atoms with van der Waals surface area (Å²) in [4.78, 5) is 40.9. The summed E-state index contributed by atoms with van der Waals surface area (Å²) in [6.45, 7) is 18.1. The first-order chi connectivity index (χ1) is 30.8. The number of nitrogens with one attached hydrogen (secondary N) is 1. The Morgan fingerprint density at radius 3 is 2.09 bits per heavy atom. The molecule has 9 unspecified atom stereocenters. The molecule has 360 valence electrons. The molecule has 0 aromatic heterocycles. The number of Topliss-reactive ketones (excluding diaryl/α,β-unsaturated/α-hetero) is 1. The number of rotatable bonds is 14. The largest absolute Gasteiger partial charge is 0.507 e. The molecule has 3 aliphatic heterocycles. The zero-order valence-corrected chi connectivity index (χ0v) is 40.1. The number of fused-ring (bicyclic) bond motifs is 14. The first-order valence-corrected chi connectivity index (χ1v) is 23.1. The van der Waals surface area contributed by atoms with Crippen molar-refractivity contribution in [2.75, 3.05) is 25.5 Å². The summed E-state index contributed by atoms with van der Waals surface area (Å²) in [5.74, 6) is -8.29. The summed E-state index contributed by atoms with van der Waals surface area (Å²) in [5.41, 5.74) is -0.286. The van der Waals surface area contributed by atoms with E-state index in [-0.39, 0.29) is 44.5 Å². The Morgan fingerprint density at radius 1 is 0.877 bits per heavy atom. The van der Waals surface area contributed by atoms with Crippen LogP contribution in [0.3, 0.4) is 0 Å². The lowest BCUT2D eigenvalue weighted by Gasteiger charge is -2.38. The number of carbonyl (C=O) groups excluding carboxylic acids is 3. The molecule has 65 heavy (non-hydrogen) atoms. The normalized spacial score (nSPS) is 26.6. The number of carbonyl (C=O) groups is 3. The number of hydrazone groups is 1. The standard InChI is InChI=1S/C50H73N3O12/c1-12-14-16-18-24-53(25-19-17-15-13-2)51-27-35-40-45(59)38-37(44(35)58)39-47(33(8)43(38)57)65-50(10,48(39)60)63-26-23-36(62-11)30(5)46(64-34(9)54)32(7)42(56)31(6)41(55)28(3)21-20-22-29(4)49(61)52-40/h20-23,26-28,30-32,36,41-42,46,55-59H,12-19,24-25H2,1-11H3,(H,52,61)/b21-20?,26-23?,29-22?,51-27+. The second-order valence-electron chi connectivity index (χ2n) is 17.9. The SMILES string of the molecule is CCCCCCN(CCCCCC)/N=C/c1c2c(O)c3c(O)c(C)c4c(c3c1O)C(=O)C(C)(OC=CC(OC)C(C)C(OC(C)=O)C(C)C(O)C(C)C(O)C(C)C=CC=C(C)C(=O)N2)O4. The third kappa shape index (κ3) is 12.0. The number of amides is 1. The molecule has 0 fully saturated rings. The fraction of sp³-hybridized carbons (Fsp3) is 0.600. The van der Waals surface area contributed by atoms with E-state index >= 15 is 0 Å². The van der Waals surface area contributed by atoms with E-state index in [1.54, 1.807) is 46.8 Å². The van der Waals surface area contributed by atoms with Gasteiger partial charge in [0.25, 0.3) is 11.7 Å². The highest BCUT2D eigenvalue weighted by molar-refractivity contribution is 6.23. The van der Waals surface area contributed by atoms with Crippen molar-refractivity contribution in [2.45, 2.75) is 151 Å². The summed E-state index contributed by atoms with van der Waals surface area (Å²) in [6, 6.07) is 0. The molecule has 5 rings (SSSR count). The van der Waals surface area contributed by atoms with E-state index in [2.05, 4.69) is 19.2 Å². The Morgan fingerprint density at radius 2 is 1.51 bits per heavy atom. The topological polar surface area (TPSA) is 217 Å². The van der Waals surface area contributed by atoms with Gasteiger partial charge < -0.3 is 49.8 Å². The van der Waals surface area contributed by atoms with Crippen LogP contribution in [0.25, 0.3) is 10.8 Å². The highest BCUT2D eigenvalue weighted by Gasteiger charge is 2.50. The number of phenolic OH excluding ortho intramolecular Hbond substituents is 3. The second kappa shape index (κ2) is 23.4. The fourth-order valence-corrected chi connectivity index (χ4v) is 8.68. The molecule has 9 atom stereocenters. The maximum Gasteiger partial charge on any atom is 0.312 e. The number of ketones is 1. The molecule has 0 radical (unpaired) electrons. The van der Waals surface area contributed by atoms with Crippen LogP contribution in [-0.2, 0) is 23.8 Å². The zero-order valence-electron chi connectivity index (χ0n) is 40.1. The molecule has 3 aliphatic rings. The summed E-state index contributed by atoms with van der Waals surface area (Å²) in [7, 11) is 1.45. The van der Waals surface area contributed by atoms with Crippen LogP contribution in [0, 0.1) is 30.6 Å². The minimum absolute atomic E-state index is 0.0633. The number of hydrogen-bond donors (Lipinski definition) is 6. The van der Waals surface area contributed by atoms with Crippen LogP contribution < -0.4 is 10.1 Å². The van der Waals surface area contributed by atoms with Crippen molar-refractivity contribution in [3.63, 3.8) is 0 Å². The maximum absolute atomic E-state index is 14.6. The average molecular weight is 908 g/mol. The van der Waals surface area contributed by atoms with Gasteiger partial charge in [-0.25, -0.2) is 0 Å². The van der Waals surface area contributed by atoms with Crippen molar-refractivity contribution in [2.24, 2.45) is 28.8 Å². The molecule has 2 aromatic rings. The molecule has 1 amide bonds. The third-order valence-electron chi connectivity index (χ3n) is 12.9. The highest BCUT2D eigenvalue weighted by Crippen LogP contribution is 2.55. The van der Waals surface area contributed by atoms with Crippen LogP contribution in [-0.4, -0.2) is 105 Å². The van der Waals surface area contributed by atoms with Crippen molar-refractivity contribution in [1.29, 1.82) is 0 Å². The molecule has 0 saturated carbocycles.